The van der Waals surface area contributed by atoms with E-state index < -0.39 is 17.7 Å². The Bertz CT molecular complexity index is 740. The van der Waals surface area contributed by atoms with Crippen molar-refractivity contribution in [3.05, 3.63) is 35.4 Å². The lowest BCUT2D eigenvalue weighted by atomic mass is 9.94. The van der Waals surface area contributed by atoms with Gasteiger partial charge in [0.05, 0.1) is 11.6 Å². The van der Waals surface area contributed by atoms with E-state index in [0.717, 1.165) is 18.4 Å². The molecule has 6 heteroatoms. The van der Waals surface area contributed by atoms with Crippen molar-refractivity contribution >= 4 is 12.0 Å². The molecule has 1 aliphatic rings. The molecule has 152 valence electrons. The van der Waals surface area contributed by atoms with Crippen molar-refractivity contribution in [2.75, 3.05) is 13.1 Å². The van der Waals surface area contributed by atoms with Gasteiger partial charge < -0.3 is 10.0 Å². The Morgan fingerprint density at radius 1 is 1.29 bits per heavy atom. The van der Waals surface area contributed by atoms with E-state index in [0.29, 0.717) is 37.4 Å². The predicted molar refractivity (Wildman–Crippen MR) is 108 cm³/mol. The normalized spacial score (nSPS) is 16.3. The number of aryl methyl sites for hydroxylation is 1. The highest BCUT2D eigenvalue weighted by Gasteiger charge is 2.39. The number of likely N-dealkylation sites (tertiary alicyclic amines) is 1. The molecule has 0 spiro atoms. The zero-order chi connectivity index (χ0) is 20.9. The SMILES string of the molecule is CC1CCN(C(=O)C(CCc2ccccc2C#N)N(C(=O)O)C(C)(C)C)CC1. The number of amides is 2. The summed E-state index contributed by atoms with van der Waals surface area (Å²) in [4.78, 5) is 28.5. The van der Waals surface area contributed by atoms with Crippen LogP contribution in [0.4, 0.5) is 4.79 Å². The molecule has 1 heterocycles. The third-order valence-electron chi connectivity index (χ3n) is 5.45. The number of rotatable bonds is 5. The second-order valence-electron chi connectivity index (χ2n) is 8.65. The molecule has 1 aromatic rings. The van der Waals surface area contributed by atoms with Crippen LogP contribution in [0.25, 0.3) is 0 Å². The predicted octanol–water partition coefficient (Wildman–Crippen LogP) is 3.90. The minimum atomic E-state index is -1.09. The number of piperidine rings is 1. The van der Waals surface area contributed by atoms with E-state index in [-0.39, 0.29) is 5.91 Å². The largest absolute Gasteiger partial charge is 0.465 e. The first-order valence-electron chi connectivity index (χ1n) is 9.94. The topological polar surface area (TPSA) is 84.6 Å². The van der Waals surface area contributed by atoms with Gasteiger partial charge in [-0.05, 0) is 64.0 Å². The number of carbonyl (C=O) groups is 2. The van der Waals surface area contributed by atoms with Gasteiger partial charge in [-0.25, -0.2) is 4.79 Å². The van der Waals surface area contributed by atoms with Crippen molar-refractivity contribution in [3.63, 3.8) is 0 Å². The molecule has 2 rings (SSSR count). The number of nitriles is 1. The van der Waals surface area contributed by atoms with Crippen LogP contribution in [0, 0.1) is 17.2 Å². The lowest BCUT2D eigenvalue weighted by Gasteiger charge is -2.42. The molecule has 0 saturated carbocycles. The van der Waals surface area contributed by atoms with Crippen LogP contribution in [0.5, 0.6) is 0 Å². The summed E-state index contributed by atoms with van der Waals surface area (Å²) in [5.41, 5.74) is 0.705. The maximum atomic E-state index is 13.3. The van der Waals surface area contributed by atoms with E-state index in [4.69, 9.17) is 0 Å². The highest BCUT2D eigenvalue weighted by Crippen LogP contribution is 2.25. The highest BCUT2D eigenvalue weighted by atomic mass is 16.4. The van der Waals surface area contributed by atoms with Crippen LogP contribution in [0.3, 0.4) is 0 Å². The Morgan fingerprint density at radius 2 is 1.89 bits per heavy atom. The summed E-state index contributed by atoms with van der Waals surface area (Å²) >= 11 is 0. The molecule has 1 unspecified atom stereocenters. The van der Waals surface area contributed by atoms with Gasteiger partial charge in [-0.2, -0.15) is 5.26 Å². The van der Waals surface area contributed by atoms with Gasteiger partial charge in [0.15, 0.2) is 0 Å². The van der Waals surface area contributed by atoms with Gasteiger partial charge in [0.2, 0.25) is 5.91 Å². The fourth-order valence-electron chi connectivity index (χ4n) is 3.83. The Hall–Kier alpha value is -2.55. The minimum absolute atomic E-state index is 0.126. The van der Waals surface area contributed by atoms with Gasteiger partial charge in [-0.1, -0.05) is 25.1 Å². The number of hydrogen-bond donors (Lipinski definition) is 1. The van der Waals surface area contributed by atoms with E-state index in [1.165, 1.54) is 4.90 Å². The molecule has 6 nitrogen and oxygen atoms in total. The van der Waals surface area contributed by atoms with Crippen LogP contribution in [-0.2, 0) is 11.2 Å². The molecule has 1 aromatic carbocycles. The maximum Gasteiger partial charge on any atom is 0.408 e. The average Bonchev–Trinajstić information content (AvgIpc) is 2.63. The van der Waals surface area contributed by atoms with E-state index in [2.05, 4.69) is 13.0 Å². The summed E-state index contributed by atoms with van der Waals surface area (Å²) in [7, 11) is 0. The van der Waals surface area contributed by atoms with E-state index in [1.807, 2.05) is 37.8 Å². The number of carbonyl (C=O) groups excluding carboxylic acids is 1. The lowest BCUT2D eigenvalue weighted by molar-refractivity contribution is -0.139. The quantitative estimate of drug-likeness (QED) is 0.833. The number of benzene rings is 1. The average molecular weight is 386 g/mol. The van der Waals surface area contributed by atoms with E-state index in [1.54, 1.807) is 12.1 Å². The van der Waals surface area contributed by atoms with Gasteiger partial charge in [0.1, 0.15) is 6.04 Å². The van der Waals surface area contributed by atoms with Gasteiger partial charge in [-0.15, -0.1) is 0 Å². The zero-order valence-electron chi connectivity index (χ0n) is 17.3. The van der Waals surface area contributed by atoms with Crippen LogP contribution in [0.15, 0.2) is 24.3 Å². The molecule has 1 saturated heterocycles. The number of carboxylic acid groups (broad SMARTS) is 1. The molecule has 1 N–H and O–H groups in total. The van der Waals surface area contributed by atoms with Crippen LogP contribution in [-0.4, -0.2) is 51.6 Å². The molecule has 1 fully saturated rings. The third kappa shape index (κ3) is 5.25. The summed E-state index contributed by atoms with van der Waals surface area (Å²) < 4.78 is 0. The smallest absolute Gasteiger partial charge is 0.408 e. The van der Waals surface area contributed by atoms with Crippen LogP contribution >= 0.6 is 0 Å². The first-order valence-corrected chi connectivity index (χ1v) is 9.94. The first kappa shape index (κ1) is 21.7. The molecular weight excluding hydrogens is 354 g/mol. The first-order chi connectivity index (χ1) is 13.1. The van der Waals surface area contributed by atoms with E-state index in [9.17, 15) is 20.0 Å². The molecule has 2 amide bonds. The second kappa shape index (κ2) is 9.09. The van der Waals surface area contributed by atoms with E-state index >= 15 is 0 Å². The summed E-state index contributed by atoms with van der Waals surface area (Å²) in [6.07, 6.45) is 1.62. The molecule has 1 aliphatic heterocycles. The number of hydrogen-bond acceptors (Lipinski definition) is 3. The standard InChI is InChI=1S/C22H31N3O3/c1-16-11-13-24(14-12-16)20(26)19(25(21(27)28)22(2,3)4)10-9-17-7-5-6-8-18(17)15-23/h5-8,16,19H,9-14H2,1-4H3,(H,27,28). The Kier molecular flexibility index (Phi) is 7.06. The van der Waals surface area contributed by atoms with Crippen molar-refractivity contribution < 1.29 is 14.7 Å². The Morgan fingerprint density at radius 3 is 2.43 bits per heavy atom. The lowest BCUT2D eigenvalue weighted by Crippen LogP contribution is -2.58. The molecule has 0 radical (unpaired) electrons. The third-order valence-corrected chi connectivity index (χ3v) is 5.45. The molecular formula is C22H31N3O3. The van der Waals surface area contributed by atoms with Crippen LogP contribution in [0.2, 0.25) is 0 Å². The van der Waals surface area contributed by atoms with Crippen molar-refractivity contribution in [1.29, 1.82) is 5.26 Å². The molecule has 0 aliphatic carbocycles. The number of nitrogens with zero attached hydrogens (tertiary/aromatic N) is 3. The molecule has 0 aromatic heterocycles. The summed E-state index contributed by atoms with van der Waals surface area (Å²) in [5, 5.41) is 19.2. The van der Waals surface area contributed by atoms with Crippen molar-refractivity contribution in [2.24, 2.45) is 5.92 Å². The van der Waals surface area contributed by atoms with Crippen molar-refractivity contribution in [1.82, 2.24) is 9.80 Å². The summed E-state index contributed by atoms with van der Waals surface area (Å²) in [6.45, 7) is 8.94. The fourth-order valence-corrected chi connectivity index (χ4v) is 3.83. The monoisotopic (exact) mass is 385 g/mol. The van der Waals surface area contributed by atoms with Gasteiger partial charge >= 0.3 is 6.09 Å². The van der Waals surface area contributed by atoms with Gasteiger partial charge in [0.25, 0.3) is 0 Å². The molecule has 1 atom stereocenters. The Balaban J connectivity index is 2.28. The summed E-state index contributed by atoms with van der Waals surface area (Å²) in [6, 6.07) is 8.68. The van der Waals surface area contributed by atoms with Crippen LogP contribution in [0.1, 0.15) is 58.1 Å². The highest BCUT2D eigenvalue weighted by molar-refractivity contribution is 5.86. The minimum Gasteiger partial charge on any atom is -0.465 e. The fraction of sp³-hybridized carbons (Fsp3) is 0.591. The van der Waals surface area contributed by atoms with Crippen molar-refractivity contribution in [3.8, 4) is 6.07 Å². The zero-order valence-corrected chi connectivity index (χ0v) is 17.3. The second-order valence-corrected chi connectivity index (χ2v) is 8.65. The maximum absolute atomic E-state index is 13.3. The summed E-state index contributed by atoms with van der Waals surface area (Å²) in [5.74, 6) is 0.460. The Labute approximate surface area is 167 Å². The molecule has 28 heavy (non-hydrogen) atoms. The molecule has 0 bridgehead atoms. The van der Waals surface area contributed by atoms with Crippen molar-refractivity contribution in [2.45, 2.75) is 65.0 Å². The van der Waals surface area contributed by atoms with Gasteiger partial charge in [0, 0.05) is 18.6 Å². The van der Waals surface area contributed by atoms with Crippen LogP contribution < -0.4 is 0 Å². The van der Waals surface area contributed by atoms with Gasteiger partial charge in [-0.3, -0.25) is 9.69 Å².